The summed E-state index contributed by atoms with van der Waals surface area (Å²) >= 11 is 4.08. The number of rotatable bonds is 19. The smallest absolute Gasteiger partial charge is 0.246 e. The van der Waals surface area contributed by atoms with E-state index in [0.29, 0.717) is 26.3 Å². The highest BCUT2D eigenvalue weighted by molar-refractivity contribution is 7.81. The number of ether oxygens (including phenoxy) is 3. The predicted molar refractivity (Wildman–Crippen MR) is 115 cm³/mol. The van der Waals surface area contributed by atoms with Gasteiger partial charge in [0.15, 0.2) is 0 Å². The standard InChI is InChI=1S/C20H40N2O5S/c1-17(2)27-16-19(23)21-10-6-4-8-12-25-14-15-26-13-9-5-7-11-22-20(24)18(3)28/h17-18,28H,4-16H2,1-3H3,(H,21,23)(H,22,24). The van der Waals surface area contributed by atoms with E-state index >= 15 is 0 Å². The Balaban J connectivity index is 3.16. The van der Waals surface area contributed by atoms with Crippen molar-refractivity contribution in [1.29, 1.82) is 0 Å². The van der Waals surface area contributed by atoms with Gasteiger partial charge in [0.2, 0.25) is 11.8 Å². The van der Waals surface area contributed by atoms with Crippen molar-refractivity contribution in [2.45, 2.75) is 70.7 Å². The van der Waals surface area contributed by atoms with Crippen molar-refractivity contribution < 1.29 is 23.8 Å². The molecule has 2 N–H and O–H groups in total. The largest absolute Gasteiger partial charge is 0.379 e. The first-order valence-electron chi connectivity index (χ1n) is 10.4. The van der Waals surface area contributed by atoms with E-state index in [9.17, 15) is 9.59 Å². The number of hydrogen-bond donors (Lipinski definition) is 3. The molecule has 0 radical (unpaired) electrons. The van der Waals surface area contributed by atoms with Crippen molar-refractivity contribution in [3.05, 3.63) is 0 Å². The third kappa shape index (κ3) is 19.9. The van der Waals surface area contributed by atoms with Crippen LogP contribution in [-0.4, -0.2) is 69.3 Å². The van der Waals surface area contributed by atoms with Gasteiger partial charge in [-0.1, -0.05) is 0 Å². The lowest BCUT2D eigenvalue weighted by Gasteiger charge is -2.09. The molecular formula is C20H40N2O5S. The number of nitrogens with one attached hydrogen (secondary N) is 2. The second kappa shape index (κ2) is 19.5. The van der Waals surface area contributed by atoms with E-state index in [1.807, 2.05) is 13.8 Å². The molecule has 0 saturated heterocycles. The Morgan fingerprint density at radius 3 is 1.82 bits per heavy atom. The van der Waals surface area contributed by atoms with Crippen LogP contribution in [0.15, 0.2) is 0 Å². The Morgan fingerprint density at radius 2 is 1.32 bits per heavy atom. The second-order valence-corrected chi connectivity index (χ2v) is 7.80. The van der Waals surface area contributed by atoms with E-state index in [-0.39, 0.29) is 29.8 Å². The molecular weight excluding hydrogens is 380 g/mol. The van der Waals surface area contributed by atoms with Gasteiger partial charge >= 0.3 is 0 Å². The molecule has 1 unspecified atom stereocenters. The molecule has 0 fully saturated rings. The first kappa shape index (κ1) is 27.2. The molecule has 7 nitrogen and oxygen atoms in total. The lowest BCUT2D eigenvalue weighted by Crippen LogP contribution is -2.30. The Bertz CT molecular complexity index is 395. The third-order valence-corrected chi connectivity index (χ3v) is 4.09. The van der Waals surface area contributed by atoms with E-state index in [2.05, 4.69) is 23.3 Å². The normalized spacial score (nSPS) is 12.2. The van der Waals surface area contributed by atoms with Crippen LogP contribution in [0.3, 0.4) is 0 Å². The fourth-order valence-electron chi connectivity index (χ4n) is 2.21. The summed E-state index contributed by atoms with van der Waals surface area (Å²) in [6.45, 7) is 9.76. The minimum Gasteiger partial charge on any atom is -0.379 e. The van der Waals surface area contributed by atoms with E-state index < -0.39 is 0 Å². The summed E-state index contributed by atoms with van der Waals surface area (Å²) in [5.74, 6) is -0.0724. The molecule has 0 saturated carbocycles. The van der Waals surface area contributed by atoms with Crippen LogP contribution in [0.4, 0.5) is 0 Å². The van der Waals surface area contributed by atoms with Gasteiger partial charge in [-0.15, -0.1) is 0 Å². The topological polar surface area (TPSA) is 85.9 Å². The molecule has 166 valence electrons. The lowest BCUT2D eigenvalue weighted by atomic mass is 10.2. The average molecular weight is 421 g/mol. The van der Waals surface area contributed by atoms with E-state index in [1.54, 1.807) is 6.92 Å². The van der Waals surface area contributed by atoms with Crippen LogP contribution in [-0.2, 0) is 23.8 Å². The van der Waals surface area contributed by atoms with Crippen LogP contribution >= 0.6 is 12.6 Å². The highest BCUT2D eigenvalue weighted by Gasteiger charge is 2.05. The number of thiol groups is 1. The predicted octanol–water partition coefficient (Wildman–Crippen LogP) is 2.34. The van der Waals surface area contributed by atoms with Crippen molar-refractivity contribution in [2.75, 3.05) is 46.1 Å². The lowest BCUT2D eigenvalue weighted by molar-refractivity contribution is -0.127. The van der Waals surface area contributed by atoms with Gasteiger partial charge in [0, 0.05) is 26.3 Å². The summed E-state index contributed by atoms with van der Waals surface area (Å²) in [5, 5.41) is 5.43. The van der Waals surface area contributed by atoms with Gasteiger partial charge < -0.3 is 24.8 Å². The molecule has 0 aliphatic rings. The van der Waals surface area contributed by atoms with Gasteiger partial charge in [-0.25, -0.2) is 0 Å². The molecule has 0 heterocycles. The zero-order chi connectivity index (χ0) is 21.0. The van der Waals surface area contributed by atoms with Gasteiger partial charge in [0.25, 0.3) is 0 Å². The molecule has 1 atom stereocenters. The van der Waals surface area contributed by atoms with Gasteiger partial charge in [0.1, 0.15) is 6.61 Å². The highest BCUT2D eigenvalue weighted by Crippen LogP contribution is 1.98. The van der Waals surface area contributed by atoms with Crippen LogP contribution in [0.5, 0.6) is 0 Å². The molecule has 8 heteroatoms. The fraction of sp³-hybridized carbons (Fsp3) is 0.900. The molecule has 0 rings (SSSR count). The van der Waals surface area contributed by atoms with Crippen molar-refractivity contribution in [1.82, 2.24) is 10.6 Å². The molecule has 0 spiro atoms. The maximum absolute atomic E-state index is 11.4. The number of unbranched alkanes of at least 4 members (excludes halogenated alkanes) is 4. The Kier molecular flexibility index (Phi) is 18.9. The van der Waals surface area contributed by atoms with Crippen molar-refractivity contribution in [3.8, 4) is 0 Å². The molecule has 0 aromatic heterocycles. The van der Waals surface area contributed by atoms with Crippen LogP contribution < -0.4 is 10.6 Å². The highest BCUT2D eigenvalue weighted by atomic mass is 32.1. The maximum atomic E-state index is 11.4. The minimum atomic E-state index is -0.251. The number of carbonyl (C=O) groups is 2. The molecule has 0 aromatic carbocycles. The fourth-order valence-corrected chi connectivity index (χ4v) is 2.31. The molecule has 2 amide bonds. The second-order valence-electron chi connectivity index (χ2n) is 7.02. The van der Waals surface area contributed by atoms with Crippen molar-refractivity contribution >= 4 is 24.4 Å². The van der Waals surface area contributed by atoms with Crippen LogP contribution in [0.1, 0.15) is 59.3 Å². The Morgan fingerprint density at radius 1 is 0.786 bits per heavy atom. The number of hydrogen-bond acceptors (Lipinski definition) is 6. The van der Waals surface area contributed by atoms with E-state index in [4.69, 9.17) is 14.2 Å². The molecule has 0 aliphatic heterocycles. The summed E-state index contributed by atoms with van der Waals surface area (Å²) in [6, 6.07) is 0. The van der Waals surface area contributed by atoms with Crippen LogP contribution in [0.25, 0.3) is 0 Å². The molecule has 0 aromatic rings. The zero-order valence-electron chi connectivity index (χ0n) is 17.8. The Hall–Kier alpha value is -0.830. The first-order valence-corrected chi connectivity index (χ1v) is 10.9. The van der Waals surface area contributed by atoms with Gasteiger partial charge in [-0.3, -0.25) is 9.59 Å². The summed E-state index contributed by atoms with van der Waals surface area (Å²) < 4.78 is 16.3. The first-order chi connectivity index (χ1) is 13.4. The summed E-state index contributed by atoms with van der Waals surface area (Å²) in [6.07, 6.45) is 6.00. The molecule has 0 aliphatic carbocycles. The maximum Gasteiger partial charge on any atom is 0.246 e. The Labute approximate surface area is 176 Å². The molecule has 28 heavy (non-hydrogen) atoms. The van der Waals surface area contributed by atoms with Crippen LogP contribution in [0, 0.1) is 0 Å². The SMILES string of the molecule is CC(C)OCC(=O)NCCCCCOCCOCCCCCNC(=O)C(C)S. The van der Waals surface area contributed by atoms with Gasteiger partial charge in [-0.2, -0.15) is 12.6 Å². The monoisotopic (exact) mass is 420 g/mol. The van der Waals surface area contributed by atoms with Crippen molar-refractivity contribution in [2.24, 2.45) is 0 Å². The van der Waals surface area contributed by atoms with E-state index in [0.717, 1.165) is 51.7 Å². The van der Waals surface area contributed by atoms with Gasteiger partial charge in [0.05, 0.1) is 24.6 Å². The van der Waals surface area contributed by atoms with Crippen LogP contribution in [0.2, 0.25) is 0 Å². The van der Waals surface area contributed by atoms with Crippen molar-refractivity contribution in [3.63, 3.8) is 0 Å². The number of carbonyl (C=O) groups excluding carboxylic acids is 2. The minimum absolute atomic E-state index is 0.0160. The van der Waals surface area contributed by atoms with E-state index in [1.165, 1.54) is 0 Å². The van der Waals surface area contributed by atoms with Gasteiger partial charge in [-0.05, 0) is 59.3 Å². The summed E-state index contributed by atoms with van der Waals surface area (Å²) in [7, 11) is 0. The summed E-state index contributed by atoms with van der Waals surface area (Å²) in [5.41, 5.74) is 0. The average Bonchev–Trinajstić information content (AvgIpc) is 2.65. The molecule has 0 bridgehead atoms. The third-order valence-electron chi connectivity index (χ3n) is 3.85. The zero-order valence-corrected chi connectivity index (χ0v) is 18.7. The quantitative estimate of drug-likeness (QED) is 0.221. The number of amides is 2. The summed E-state index contributed by atoms with van der Waals surface area (Å²) in [4.78, 5) is 22.7.